The van der Waals surface area contributed by atoms with Crippen LogP contribution in [0.1, 0.15) is 28.9 Å². The molecule has 0 unspecified atom stereocenters. The Labute approximate surface area is 191 Å². The predicted octanol–water partition coefficient (Wildman–Crippen LogP) is 0.700. The van der Waals surface area contributed by atoms with Gasteiger partial charge in [0.25, 0.3) is 18.9 Å². The number of carbonyl (C=O) groups excluding carboxylic acids is 2. The third-order valence-corrected chi connectivity index (χ3v) is 5.04. The Balaban J connectivity index is 0.000000819. The Kier molecular flexibility index (Phi) is 10.5. The molecule has 3 heterocycles. The molecule has 2 amide bonds. The average molecular weight is 463 g/mol. The Hall–Kier alpha value is -3.96. The van der Waals surface area contributed by atoms with Crippen molar-refractivity contribution in [2.75, 3.05) is 32.5 Å². The van der Waals surface area contributed by atoms with Crippen LogP contribution in [0.5, 0.6) is 0 Å². The molecule has 33 heavy (non-hydrogen) atoms. The molecule has 2 aromatic rings. The first-order valence-electron chi connectivity index (χ1n) is 10.0. The Bertz CT molecular complexity index is 914. The van der Waals surface area contributed by atoms with Crippen LogP contribution in [0.4, 0.5) is 5.82 Å². The third kappa shape index (κ3) is 7.30. The molecule has 0 aliphatic carbocycles. The number of hydrogen-bond acceptors (Lipinski definition) is 7. The van der Waals surface area contributed by atoms with Crippen molar-refractivity contribution in [1.29, 1.82) is 0 Å². The number of piperidine rings is 1. The van der Waals surface area contributed by atoms with Crippen molar-refractivity contribution in [3.8, 4) is 0 Å². The van der Waals surface area contributed by atoms with Crippen LogP contribution in [-0.4, -0.2) is 92.3 Å². The topological polar surface area (TPSA) is 158 Å². The number of likely N-dealkylation sites (tertiary alicyclic amines) is 1. The molecule has 1 saturated heterocycles. The molecule has 0 bridgehead atoms. The summed E-state index contributed by atoms with van der Waals surface area (Å²) >= 11 is 0. The lowest BCUT2D eigenvalue weighted by Crippen LogP contribution is -2.59. The smallest absolute Gasteiger partial charge is 0.290 e. The lowest BCUT2D eigenvalue weighted by atomic mass is 9.85. The van der Waals surface area contributed by atoms with Crippen molar-refractivity contribution >= 4 is 30.6 Å². The normalized spacial score (nSPS) is 13.9. The SMILES string of the molecule is Cc1ccc(C(=O)N2CCC(Nc3ccnn3C)(C(=O)N(C)C)CC2)nc1.O=CO.O=CO. The molecular formula is C21H30N6O6. The molecule has 0 saturated carbocycles. The second-order valence-electron chi connectivity index (χ2n) is 7.47. The van der Waals surface area contributed by atoms with Crippen molar-refractivity contribution in [2.45, 2.75) is 25.3 Å². The number of rotatable bonds is 4. The van der Waals surface area contributed by atoms with Crippen LogP contribution in [0.25, 0.3) is 0 Å². The zero-order valence-corrected chi connectivity index (χ0v) is 19.1. The van der Waals surface area contributed by atoms with Crippen LogP contribution in [0, 0.1) is 6.92 Å². The standard InChI is InChI=1S/C19H26N6O2.2CH2O2/c1-14-5-6-15(20-13-14)17(26)25-11-8-19(9-12-25,18(27)23(2)3)22-16-7-10-21-24(16)4;2*2-1-3/h5-7,10,13,22H,8-9,11-12H2,1-4H3;2*1H,(H,2,3). The maximum absolute atomic E-state index is 13.0. The van der Waals surface area contributed by atoms with Gasteiger partial charge in [-0.15, -0.1) is 0 Å². The van der Waals surface area contributed by atoms with Gasteiger partial charge in [0.1, 0.15) is 17.1 Å². The molecule has 0 spiro atoms. The van der Waals surface area contributed by atoms with E-state index in [-0.39, 0.29) is 24.8 Å². The number of aromatic nitrogens is 3. The van der Waals surface area contributed by atoms with Crippen LogP contribution in [-0.2, 0) is 21.4 Å². The molecule has 0 atom stereocenters. The number of carboxylic acid groups (broad SMARTS) is 2. The molecular weight excluding hydrogens is 432 g/mol. The highest BCUT2D eigenvalue weighted by atomic mass is 16.3. The number of hydrogen-bond donors (Lipinski definition) is 3. The lowest BCUT2D eigenvalue weighted by molar-refractivity contribution is -0.135. The highest BCUT2D eigenvalue weighted by molar-refractivity contribution is 5.93. The maximum Gasteiger partial charge on any atom is 0.290 e. The number of anilines is 1. The zero-order chi connectivity index (χ0) is 25.0. The second-order valence-corrected chi connectivity index (χ2v) is 7.47. The molecule has 3 rings (SSSR count). The van der Waals surface area contributed by atoms with Gasteiger partial charge in [0.2, 0.25) is 5.91 Å². The number of aryl methyl sites for hydroxylation is 2. The molecule has 1 aliphatic rings. The number of likely N-dealkylation sites (N-methyl/N-ethyl adjacent to an activating group) is 1. The van der Waals surface area contributed by atoms with Gasteiger partial charge in [-0.1, -0.05) is 6.07 Å². The third-order valence-electron chi connectivity index (χ3n) is 5.04. The summed E-state index contributed by atoms with van der Waals surface area (Å²) in [6, 6.07) is 5.48. The largest absolute Gasteiger partial charge is 0.483 e. The molecule has 0 radical (unpaired) electrons. The van der Waals surface area contributed by atoms with E-state index in [2.05, 4.69) is 15.4 Å². The predicted molar refractivity (Wildman–Crippen MR) is 120 cm³/mol. The number of amides is 2. The van der Waals surface area contributed by atoms with Crippen molar-refractivity contribution in [3.05, 3.63) is 41.9 Å². The van der Waals surface area contributed by atoms with Gasteiger partial charge in [-0.3, -0.25) is 28.8 Å². The van der Waals surface area contributed by atoms with Gasteiger partial charge < -0.3 is 25.3 Å². The first-order valence-corrected chi connectivity index (χ1v) is 10.0. The summed E-state index contributed by atoms with van der Waals surface area (Å²) in [5.74, 6) is 0.691. The van der Waals surface area contributed by atoms with Gasteiger partial charge in [-0.05, 0) is 31.4 Å². The first-order chi connectivity index (χ1) is 15.6. The van der Waals surface area contributed by atoms with E-state index in [9.17, 15) is 9.59 Å². The van der Waals surface area contributed by atoms with Crippen LogP contribution in [0.15, 0.2) is 30.6 Å². The van der Waals surface area contributed by atoms with Crippen molar-refractivity contribution in [2.24, 2.45) is 7.05 Å². The molecule has 0 aromatic carbocycles. The molecule has 2 aromatic heterocycles. The van der Waals surface area contributed by atoms with Gasteiger partial charge in [0.15, 0.2) is 0 Å². The molecule has 180 valence electrons. The van der Waals surface area contributed by atoms with Crippen LogP contribution in [0.2, 0.25) is 0 Å². The summed E-state index contributed by atoms with van der Waals surface area (Å²) in [6.07, 6.45) is 4.43. The van der Waals surface area contributed by atoms with E-state index < -0.39 is 5.54 Å². The molecule has 12 heteroatoms. The fourth-order valence-corrected chi connectivity index (χ4v) is 3.41. The minimum atomic E-state index is -0.755. The molecule has 1 aliphatic heterocycles. The summed E-state index contributed by atoms with van der Waals surface area (Å²) in [7, 11) is 5.34. The maximum atomic E-state index is 13.0. The minimum Gasteiger partial charge on any atom is -0.483 e. The van der Waals surface area contributed by atoms with Gasteiger partial charge in [-0.25, -0.2) is 0 Å². The highest BCUT2D eigenvalue weighted by Crippen LogP contribution is 2.29. The summed E-state index contributed by atoms with van der Waals surface area (Å²) in [5.41, 5.74) is 0.696. The Morgan fingerprint density at radius 1 is 1.12 bits per heavy atom. The van der Waals surface area contributed by atoms with E-state index in [1.54, 1.807) is 47.0 Å². The van der Waals surface area contributed by atoms with Gasteiger partial charge in [0.05, 0.1) is 6.20 Å². The second kappa shape index (κ2) is 12.8. The van der Waals surface area contributed by atoms with Crippen LogP contribution < -0.4 is 5.32 Å². The van der Waals surface area contributed by atoms with E-state index in [1.165, 1.54) is 0 Å². The van der Waals surface area contributed by atoms with Gasteiger partial charge in [0, 0.05) is 46.5 Å². The number of nitrogens with zero attached hydrogens (tertiary/aromatic N) is 5. The lowest BCUT2D eigenvalue weighted by Gasteiger charge is -2.42. The summed E-state index contributed by atoms with van der Waals surface area (Å²) in [5, 5.41) is 21.3. The number of nitrogens with one attached hydrogen (secondary N) is 1. The van der Waals surface area contributed by atoms with E-state index in [4.69, 9.17) is 19.8 Å². The van der Waals surface area contributed by atoms with Gasteiger partial charge >= 0.3 is 0 Å². The van der Waals surface area contributed by atoms with Crippen molar-refractivity contribution in [3.63, 3.8) is 0 Å². The molecule has 12 nitrogen and oxygen atoms in total. The fraction of sp³-hybridized carbons (Fsp3) is 0.429. The number of pyridine rings is 1. The quantitative estimate of drug-likeness (QED) is 0.556. The fourth-order valence-electron chi connectivity index (χ4n) is 3.41. The van der Waals surface area contributed by atoms with E-state index >= 15 is 0 Å². The van der Waals surface area contributed by atoms with Crippen molar-refractivity contribution < 1.29 is 29.4 Å². The Morgan fingerprint density at radius 3 is 2.12 bits per heavy atom. The summed E-state index contributed by atoms with van der Waals surface area (Å²) in [6.45, 7) is 2.41. The molecule has 3 N–H and O–H groups in total. The van der Waals surface area contributed by atoms with E-state index in [1.807, 2.05) is 26.1 Å². The van der Waals surface area contributed by atoms with E-state index in [0.717, 1.165) is 11.4 Å². The summed E-state index contributed by atoms with van der Waals surface area (Å²) in [4.78, 5) is 50.0. The minimum absolute atomic E-state index is 0.00394. The average Bonchev–Trinajstić information content (AvgIpc) is 3.19. The van der Waals surface area contributed by atoms with Crippen LogP contribution in [0.3, 0.4) is 0 Å². The summed E-state index contributed by atoms with van der Waals surface area (Å²) < 4.78 is 1.71. The van der Waals surface area contributed by atoms with E-state index in [0.29, 0.717) is 31.6 Å². The van der Waals surface area contributed by atoms with Gasteiger partial charge in [-0.2, -0.15) is 5.10 Å². The van der Waals surface area contributed by atoms with Crippen molar-refractivity contribution in [1.82, 2.24) is 24.6 Å². The highest BCUT2D eigenvalue weighted by Gasteiger charge is 2.43. The zero-order valence-electron chi connectivity index (χ0n) is 19.1. The Morgan fingerprint density at radius 2 is 1.70 bits per heavy atom. The molecule has 1 fully saturated rings. The first kappa shape index (κ1) is 27.1. The monoisotopic (exact) mass is 462 g/mol. The number of carbonyl (C=O) groups is 4. The van der Waals surface area contributed by atoms with Crippen LogP contribution >= 0.6 is 0 Å².